The van der Waals surface area contributed by atoms with Crippen LogP contribution in [0.3, 0.4) is 0 Å². The molecule has 2 aromatic carbocycles. The molecule has 0 radical (unpaired) electrons. The predicted octanol–water partition coefficient (Wildman–Crippen LogP) is 2.16. The Morgan fingerprint density at radius 2 is 1.71 bits per heavy atom. The quantitative estimate of drug-likeness (QED) is 0.851. The summed E-state index contributed by atoms with van der Waals surface area (Å²) < 4.78 is 34.2. The van der Waals surface area contributed by atoms with E-state index in [1.54, 1.807) is 18.2 Å². The Bertz CT molecular complexity index is 752. The third-order valence-electron chi connectivity index (χ3n) is 2.64. The zero-order chi connectivity index (χ0) is 15.5. The molecule has 0 aliphatic rings. The second kappa shape index (κ2) is 5.84. The first-order valence-corrected chi connectivity index (χ1v) is 7.26. The summed E-state index contributed by atoms with van der Waals surface area (Å²) in [6.07, 6.45) is 0. The van der Waals surface area contributed by atoms with Crippen molar-refractivity contribution in [3.8, 4) is 11.5 Å². The second-order valence-corrected chi connectivity index (χ2v) is 5.57. The number of ether oxygens (including phenoxy) is 1. The third kappa shape index (κ3) is 3.32. The van der Waals surface area contributed by atoms with Gasteiger partial charge < -0.3 is 14.0 Å². The molecular weight excluding hydrogens is 296 g/mol. The van der Waals surface area contributed by atoms with Crippen molar-refractivity contribution in [3.05, 3.63) is 54.1 Å². The standard InChI is InChI=1S/C14H12O6S/c1-19-13-9-10(14(15)16)7-8-12(13)20-21(17,18)11-5-3-2-4-6-11/h2-9H,1H3,(H,15,16). The number of methoxy groups -OCH3 is 1. The van der Waals surface area contributed by atoms with E-state index in [0.717, 1.165) is 0 Å². The summed E-state index contributed by atoms with van der Waals surface area (Å²) in [5, 5.41) is 8.89. The van der Waals surface area contributed by atoms with Gasteiger partial charge in [-0.25, -0.2) is 4.79 Å². The van der Waals surface area contributed by atoms with E-state index in [9.17, 15) is 13.2 Å². The SMILES string of the molecule is COc1cc(C(=O)O)ccc1OS(=O)(=O)c1ccccc1. The Balaban J connectivity index is 2.38. The summed E-state index contributed by atoms with van der Waals surface area (Å²) in [7, 11) is -2.71. The predicted molar refractivity (Wildman–Crippen MR) is 74.2 cm³/mol. The van der Waals surface area contributed by atoms with E-state index < -0.39 is 16.1 Å². The minimum absolute atomic E-state index is 0.00522. The van der Waals surface area contributed by atoms with E-state index in [4.69, 9.17) is 14.0 Å². The average Bonchev–Trinajstić information content (AvgIpc) is 2.48. The summed E-state index contributed by atoms with van der Waals surface area (Å²) in [5.41, 5.74) is -0.0312. The van der Waals surface area contributed by atoms with Gasteiger partial charge in [0.15, 0.2) is 11.5 Å². The summed E-state index contributed by atoms with van der Waals surface area (Å²) in [6.45, 7) is 0. The summed E-state index contributed by atoms with van der Waals surface area (Å²) >= 11 is 0. The number of aromatic carboxylic acids is 1. The highest BCUT2D eigenvalue weighted by atomic mass is 32.2. The number of carbonyl (C=O) groups is 1. The zero-order valence-electron chi connectivity index (χ0n) is 11.0. The smallest absolute Gasteiger partial charge is 0.339 e. The van der Waals surface area contributed by atoms with Crippen LogP contribution in [0, 0.1) is 0 Å². The molecule has 0 bridgehead atoms. The lowest BCUT2D eigenvalue weighted by atomic mass is 10.2. The summed E-state index contributed by atoms with van der Waals surface area (Å²) in [5.74, 6) is -1.20. The van der Waals surface area contributed by atoms with E-state index in [0.29, 0.717) is 0 Å². The maximum absolute atomic E-state index is 12.1. The zero-order valence-corrected chi connectivity index (χ0v) is 11.8. The lowest BCUT2D eigenvalue weighted by Gasteiger charge is -2.11. The molecule has 0 heterocycles. The van der Waals surface area contributed by atoms with E-state index in [2.05, 4.69) is 0 Å². The molecule has 0 aliphatic carbocycles. The van der Waals surface area contributed by atoms with Crippen molar-refractivity contribution < 1.29 is 27.2 Å². The number of hydrogen-bond donors (Lipinski definition) is 1. The Morgan fingerprint density at radius 1 is 1.05 bits per heavy atom. The van der Waals surface area contributed by atoms with Gasteiger partial charge in [-0.05, 0) is 30.3 Å². The lowest BCUT2D eigenvalue weighted by Crippen LogP contribution is -2.10. The first-order valence-electron chi connectivity index (χ1n) is 5.85. The topological polar surface area (TPSA) is 89.9 Å². The molecule has 0 spiro atoms. The van der Waals surface area contributed by atoms with Gasteiger partial charge in [-0.2, -0.15) is 8.42 Å². The molecule has 0 aliphatic heterocycles. The minimum atomic E-state index is -4.01. The molecule has 0 atom stereocenters. The Morgan fingerprint density at radius 3 is 2.29 bits per heavy atom. The van der Waals surface area contributed by atoms with Crippen LogP contribution < -0.4 is 8.92 Å². The first kappa shape index (κ1) is 14.9. The van der Waals surface area contributed by atoms with Crippen molar-refractivity contribution in [1.29, 1.82) is 0 Å². The van der Waals surface area contributed by atoms with Gasteiger partial charge in [0.2, 0.25) is 0 Å². The molecule has 0 unspecified atom stereocenters. The Hall–Kier alpha value is -2.54. The van der Waals surface area contributed by atoms with E-state index in [1.807, 2.05) is 0 Å². The van der Waals surface area contributed by atoms with Gasteiger partial charge in [0.05, 0.1) is 12.7 Å². The van der Waals surface area contributed by atoms with E-state index in [-0.39, 0.29) is 22.0 Å². The van der Waals surface area contributed by atoms with Crippen LogP contribution >= 0.6 is 0 Å². The molecule has 6 nitrogen and oxygen atoms in total. The van der Waals surface area contributed by atoms with Crippen molar-refractivity contribution in [1.82, 2.24) is 0 Å². The maximum atomic E-state index is 12.1. The molecule has 0 saturated carbocycles. The van der Waals surface area contributed by atoms with Crippen LogP contribution in [0.4, 0.5) is 0 Å². The number of hydrogen-bond acceptors (Lipinski definition) is 5. The molecule has 110 valence electrons. The fourth-order valence-corrected chi connectivity index (χ4v) is 2.58. The molecular formula is C14H12O6S. The van der Waals surface area contributed by atoms with Gasteiger partial charge in [0, 0.05) is 0 Å². The van der Waals surface area contributed by atoms with Gasteiger partial charge in [0.25, 0.3) is 0 Å². The Kier molecular flexibility index (Phi) is 4.13. The molecule has 21 heavy (non-hydrogen) atoms. The second-order valence-electron chi connectivity index (χ2n) is 4.02. The van der Waals surface area contributed by atoms with Crippen molar-refractivity contribution >= 4 is 16.1 Å². The van der Waals surface area contributed by atoms with Crippen LogP contribution in [-0.2, 0) is 10.1 Å². The lowest BCUT2D eigenvalue weighted by molar-refractivity contribution is 0.0696. The maximum Gasteiger partial charge on any atom is 0.339 e. The van der Waals surface area contributed by atoms with Crippen LogP contribution in [0.2, 0.25) is 0 Å². The van der Waals surface area contributed by atoms with Crippen LogP contribution in [0.15, 0.2) is 53.4 Å². The van der Waals surface area contributed by atoms with Crippen molar-refractivity contribution in [2.75, 3.05) is 7.11 Å². The number of benzene rings is 2. The van der Waals surface area contributed by atoms with Gasteiger partial charge in [-0.3, -0.25) is 0 Å². The molecule has 0 saturated heterocycles. The minimum Gasteiger partial charge on any atom is -0.493 e. The highest BCUT2D eigenvalue weighted by Gasteiger charge is 2.19. The molecule has 7 heteroatoms. The van der Waals surface area contributed by atoms with E-state index in [1.165, 1.54) is 37.4 Å². The Labute approximate surface area is 121 Å². The summed E-state index contributed by atoms with van der Waals surface area (Å²) in [4.78, 5) is 10.9. The largest absolute Gasteiger partial charge is 0.493 e. The number of carboxylic acid groups (broad SMARTS) is 1. The molecule has 2 rings (SSSR count). The summed E-state index contributed by atoms with van der Waals surface area (Å²) in [6, 6.07) is 11.3. The highest BCUT2D eigenvalue weighted by Crippen LogP contribution is 2.30. The van der Waals surface area contributed by atoms with Crippen LogP contribution in [-0.4, -0.2) is 26.6 Å². The fourth-order valence-electron chi connectivity index (χ4n) is 1.62. The monoisotopic (exact) mass is 308 g/mol. The number of rotatable bonds is 5. The van der Waals surface area contributed by atoms with Crippen LogP contribution in [0.1, 0.15) is 10.4 Å². The average molecular weight is 308 g/mol. The molecule has 0 aromatic heterocycles. The fraction of sp³-hybridized carbons (Fsp3) is 0.0714. The van der Waals surface area contributed by atoms with E-state index >= 15 is 0 Å². The third-order valence-corrected chi connectivity index (χ3v) is 3.89. The molecule has 1 N–H and O–H groups in total. The van der Waals surface area contributed by atoms with Gasteiger partial charge in [0.1, 0.15) is 4.90 Å². The molecule has 0 fully saturated rings. The van der Waals surface area contributed by atoms with Crippen molar-refractivity contribution in [3.63, 3.8) is 0 Å². The van der Waals surface area contributed by atoms with Crippen molar-refractivity contribution in [2.45, 2.75) is 4.90 Å². The van der Waals surface area contributed by atoms with Gasteiger partial charge in [-0.15, -0.1) is 0 Å². The molecule has 0 amide bonds. The van der Waals surface area contributed by atoms with Gasteiger partial charge >= 0.3 is 16.1 Å². The number of carboxylic acids is 1. The molecule has 2 aromatic rings. The first-order chi connectivity index (χ1) is 9.94. The normalized spacial score (nSPS) is 10.9. The van der Waals surface area contributed by atoms with Crippen LogP contribution in [0.5, 0.6) is 11.5 Å². The highest BCUT2D eigenvalue weighted by molar-refractivity contribution is 7.87. The van der Waals surface area contributed by atoms with Crippen LogP contribution in [0.25, 0.3) is 0 Å². The van der Waals surface area contributed by atoms with Gasteiger partial charge in [-0.1, -0.05) is 18.2 Å². The van der Waals surface area contributed by atoms with Crippen molar-refractivity contribution in [2.24, 2.45) is 0 Å².